The van der Waals surface area contributed by atoms with E-state index in [4.69, 9.17) is 10.5 Å². The third-order valence-electron chi connectivity index (χ3n) is 3.54. The fourth-order valence-corrected chi connectivity index (χ4v) is 2.59. The number of rotatable bonds is 3. The van der Waals surface area contributed by atoms with Crippen LogP contribution in [0.25, 0.3) is 0 Å². The van der Waals surface area contributed by atoms with Crippen molar-refractivity contribution in [2.75, 3.05) is 0 Å². The van der Waals surface area contributed by atoms with Gasteiger partial charge >= 0.3 is 6.61 Å². The molecule has 0 amide bonds. The van der Waals surface area contributed by atoms with Crippen LogP contribution in [-0.2, 0) is 0 Å². The van der Waals surface area contributed by atoms with Gasteiger partial charge in [0.05, 0.1) is 0 Å². The minimum absolute atomic E-state index is 0.129. The fraction of sp³-hybridized carbons (Fsp3) is 0.250. The van der Waals surface area contributed by atoms with Crippen molar-refractivity contribution in [2.45, 2.75) is 25.2 Å². The van der Waals surface area contributed by atoms with Crippen molar-refractivity contribution in [1.29, 1.82) is 0 Å². The molecule has 2 aromatic rings. The first-order chi connectivity index (χ1) is 10.1. The Balaban J connectivity index is 1.93. The van der Waals surface area contributed by atoms with Gasteiger partial charge in [0.2, 0.25) is 0 Å². The van der Waals surface area contributed by atoms with Crippen molar-refractivity contribution in [3.05, 3.63) is 59.7 Å². The quantitative estimate of drug-likeness (QED) is 0.935. The van der Waals surface area contributed by atoms with Crippen LogP contribution in [0.15, 0.2) is 48.5 Å². The molecule has 2 aromatic carbocycles. The molecule has 2 atom stereocenters. The molecule has 1 aliphatic rings. The van der Waals surface area contributed by atoms with Crippen molar-refractivity contribution in [1.82, 2.24) is 0 Å². The molecule has 0 saturated carbocycles. The number of nitrogens with two attached hydrogens (primary N) is 1. The van der Waals surface area contributed by atoms with Gasteiger partial charge in [-0.25, -0.2) is 0 Å². The average Bonchev–Trinajstić information content (AvgIpc) is 2.47. The van der Waals surface area contributed by atoms with E-state index in [1.807, 2.05) is 24.3 Å². The van der Waals surface area contributed by atoms with E-state index in [0.29, 0.717) is 17.7 Å². The Bertz CT molecular complexity index is 633. The van der Waals surface area contributed by atoms with Crippen molar-refractivity contribution < 1.29 is 18.3 Å². The Labute approximate surface area is 121 Å². The molecule has 0 bridgehead atoms. The number of halogens is 2. The van der Waals surface area contributed by atoms with E-state index >= 15 is 0 Å². The Morgan fingerprint density at radius 1 is 1.05 bits per heavy atom. The highest BCUT2D eigenvalue weighted by atomic mass is 19.3. The van der Waals surface area contributed by atoms with Crippen LogP contribution in [0.1, 0.15) is 29.7 Å². The van der Waals surface area contributed by atoms with E-state index in [9.17, 15) is 8.78 Å². The lowest BCUT2D eigenvalue weighted by molar-refractivity contribution is -0.0515. The predicted octanol–water partition coefficient (Wildman–Crippen LogP) is 3.81. The third kappa shape index (κ3) is 2.83. The van der Waals surface area contributed by atoms with E-state index in [2.05, 4.69) is 4.74 Å². The second kappa shape index (κ2) is 5.69. The van der Waals surface area contributed by atoms with Crippen LogP contribution in [0, 0.1) is 0 Å². The zero-order chi connectivity index (χ0) is 14.8. The van der Waals surface area contributed by atoms with Gasteiger partial charge < -0.3 is 15.2 Å². The third-order valence-corrected chi connectivity index (χ3v) is 3.54. The molecule has 3 nitrogen and oxygen atoms in total. The normalized spacial score (nSPS) is 20.8. The van der Waals surface area contributed by atoms with Crippen molar-refractivity contribution in [3.8, 4) is 11.5 Å². The SMILES string of the molecule is N[C@H]1CC(c2ccccc2OC(F)F)Oc2ccccc21. The van der Waals surface area contributed by atoms with E-state index in [-0.39, 0.29) is 11.8 Å². The van der Waals surface area contributed by atoms with Gasteiger partial charge in [-0.05, 0) is 12.1 Å². The minimum Gasteiger partial charge on any atom is -0.485 e. The first kappa shape index (κ1) is 13.8. The monoisotopic (exact) mass is 291 g/mol. The average molecular weight is 291 g/mol. The van der Waals surface area contributed by atoms with Crippen LogP contribution in [0.4, 0.5) is 8.78 Å². The molecule has 1 unspecified atom stereocenters. The summed E-state index contributed by atoms with van der Waals surface area (Å²) >= 11 is 0. The van der Waals surface area contributed by atoms with E-state index < -0.39 is 12.7 Å². The summed E-state index contributed by atoms with van der Waals surface area (Å²) in [4.78, 5) is 0. The number of para-hydroxylation sites is 2. The zero-order valence-corrected chi connectivity index (χ0v) is 11.2. The van der Waals surface area contributed by atoms with Crippen LogP contribution in [0.3, 0.4) is 0 Å². The number of alkyl halides is 2. The highest BCUT2D eigenvalue weighted by molar-refractivity contribution is 5.42. The molecule has 0 radical (unpaired) electrons. The molecular formula is C16H15F2NO2. The lowest BCUT2D eigenvalue weighted by Gasteiger charge is -2.31. The molecule has 2 N–H and O–H groups in total. The van der Waals surface area contributed by atoms with Crippen molar-refractivity contribution in [3.63, 3.8) is 0 Å². The molecule has 21 heavy (non-hydrogen) atoms. The standard InChI is InChI=1S/C16H15F2NO2/c17-16(18)21-14-8-4-2-6-11(14)15-9-12(19)10-5-1-3-7-13(10)20-15/h1-8,12,15-16H,9,19H2/t12-,15?/m0/s1. The van der Waals surface area contributed by atoms with Gasteiger partial charge in [-0.3, -0.25) is 0 Å². The highest BCUT2D eigenvalue weighted by Crippen LogP contribution is 2.41. The van der Waals surface area contributed by atoms with Crippen LogP contribution < -0.4 is 15.2 Å². The Morgan fingerprint density at radius 3 is 2.48 bits per heavy atom. The Hall–Kier alpha value is -2.14. The summed E-state index contributed by atoms with van der Waals surface area (Å²) in [6.07, 6.45) is 0.116. The molecule has 3 rings (SSSR count). The topological polar surface area (TPSA) is 44.5 Å². The minimum atomic E-state index is -2.87. The van der Waals surface area contributed by atoms with E-state index in [0.717, 1.165) is 5.56 Å². The smallest absolute Gasteiger partial charge is 0.387 e. The fourth-order valence-electron chi connectivity index (χ4n) is 2.59. The second-order valence-electron chi connectivity index (χ2n) is 4.90. The van der Waals surface area contributed by atoms with Gasteiger partial charge in [0, 0.05) is 23.6 Å². The summed E-state index contributed by atoms with van der Waals surface area (Å²) in [5.41, 5.74) is 7.67. The van der Waals surface area contributed by atoms with Crippen LogP contribution in [0.2, 0.25) is 0 Å². The molecule has 1 aliphatic heterocycles. The van der Waals surface area contributed by atoms with Crippen LogP contribution in [-0.4, -0.2) is 6.61 Å². The lowest BCUT2D eigenvalue weighted by atomic mass is 9.93. The van der Waals surface area contributed by atoms with Gasteiger partial charge in [-0.15, -0.1) is 0 Å². The maximum absolute atomic E-state index is 12.5. The van der Waals surface area contributed by atoms with E-state index in [1.165, 1.54) is 6.07 Å². The van der Waals surface area contributed by atoms with Gasteiger partial charge in [0.25, 0.3) is 0 Å². The molecule has 0 spiro atoms. The molecule has 0 saturated heterocycles. The van der Waals surface area contributed by atoms with E-state index in [1.54, 1.807) is 18.2 Å². The summed E-state index contributed by atoms with van der Waals surface area (Å²) in [6, 6.07) is 14.0. The van der Waals surface area contributed by atoms with Gasteiger partial charge in [-0.2, -0.15) is 8.78 Å². The summed E-state index contributed by atoms with van der Waals surface area (Å²) < 4.78 is 35.5. The maximum Gasteiger partial charge on any atom is 0.387 e. The number of ether oxygens (including phenoxy) is 2. The van der Waals surface area contributed by atoms with Gasteiger partial charge in [0.15, 0.2) is 0 Å². The predicted molar refractivity (Wildman–Crippen MR) is 74.4 cm³/mol. The Kier molecular flexibility index (Phi) is 3.75. The molecule has 0 fully saturated rings. The number of hydrogen-bond acceptors (Lipinski definition) is 3. The summed E-state index contributed by atoms with van der Waals surface area (Å²) in [5, 5.41) is 0. The number of benzene rings is 2. The molecule has 5 heteroatoms. The summed E-state index contributed by atoms with van der Waals surface area (Å²) in [6.45, 7) is -2.87. The van der Waals surface area contributed by atoms with Crippen molar-refractivity contribution in [2.24, 2.45) is 5.73 Å². The Morgan fingerprint density at radius 2 is 1.71 bits per heavy atom. The number of hydrogen-bond donors (Lipinski definition) is 1. The molecule has 110 valence electrons. The lowest BCUT2D eigenvalue weighted by Crippen LogP contribution is -2.24. The molecule has 0 aromatic heterocycles. The largest absolute Gasteiger partial charge is 0.485 e. The molecule has 0 aliphatic carbocycles. The van der Waals surface area contributed by atoms with Gasteiger partial charge in [-0.1, -0.05) is 36.4 Å². The van der Waals surface area contributed by atoms with Crippen LogP contribution in [0.5, 0.6) is 11.5 Å². The first-order valence-corrected chi connectivity index (χ1v) is 6.70. The van der Waals surface area contributed by atoms with Gasteiger partial charge in [0.1, 0.15) is 17.6 Å². The zero-order valence-electron chi connectivity index (χ0n) is 11.2. The number of fused-ring (bicyclic) bond motifs is 1. The summed E-state index contributed by atoms with van der Waals surface area (Å²) in [7, 11) is 0. The first-order valence-electron chi connectivity index (χ1n) is 6.70. The molecule has 1 heterocycles. The molecular weight excluding hydrogens is 276 g/mol. The summed E-state index contributed by atoms with van der Waals surface area (Å²) in [5.74, 6) is 0.817. The maximum atomic E-state index is 12.5. The van der Waals surface area contributed by atoms with Crippen LogP contribution >= 0.6 is 0 Å². The second-order valence-corrected chi connectivity index (χ2v) is 4.90. The highest BCUT2D eigenvalue weighted by Gasteiger charge is 2.29. The van der Waals surface area contributed by atoms with Crippen molar-refractivity contribution >= 4 is 0 Å².